The van der Waals surface area contributed by atoms with Gasteiger partial charge in [-0.05, 0) is 76.5 Å². The predicted octanol–water partition coefficient (Wildman–Crippen LogP) is 10.2. The monoisotopic (exact) mass is 708 g/mol. The molecular formula is C42H60O9. The maximum absolute atomic E-state index is 13.4. The van der Waals surface area contributed by atoms with Crippen molar-refractivity contribution in [1.29, 1.82) is 0 Å². The average Bonchev–Trinajstić information content (AvgIpc) is 3.11. The first-order chi connectivity index (χ1) is 24.7. The Morgan fingerprint density at radius 1 is 0.529 bits per heavy atom. The SMILES string of the molecule is CCCCC=CC=COCC(C)OC(=O)c1ccc(C(=O)OC(C)COC=CC=CCCCC)c(C(=O)OC(C)COC=CC=CCCCC)c1. The zero-order valence-corrected chi connectivity index (χ0v) is 31.6. The van der Waals surface area contributed by atoms with Crippen LogP contribution in [0.25, 0.3) is 0 Å². The van der Waals surface area contributed by atoms with E-state index in [0.29, 0.717) is 0 Å². The molecule has 3 unspecified atom stereocenters. The van der Waals surface area contributed by atoms with Gasteiger partial charge in [-0.15, -0.1) is 0 Å². The van der Waals surface area contributed by atoms with Crippen LogP contribution in [0.1, 0.15) is 130 Å². The summed E-state index contributed by atoms with van der Waals surface area (Å²) in [6, 6.07) is 4.04. The Bertz CT molecular complexity index is 1310. The first kappa shape index (κ1) is 44.5. The third-order valence-electron chi connectivity index (χ3n) is 7.05. The summed E-state index contributed by atoms with van der Waals surface area (Å²) in [5.41, 5.74) is -0.130. The number of ether oxygens (including phenoxy) is 6. The number of benzene rings is 1. The minimum Gasteiger partial charge on any atom is -0.497 e. The molecule has 0 N–H and O–H groups in total. The Morgan fingerprint density at radius 3 is 1.29 bits per heavy atom. The third kappa shape index (κ3) is 22.0. The van der Waals surface area contributed by atoms with Crippen LogP contribution in [0.3, 0.4) is 0 Å². The fourth-order valence-corrected chi connectivity index (χ4v) is 4.23. The van der Waals surface area contributed by atoms with Crippen molar-refractivity contribution >= 4 is 17.9 Å². The van der Waals surface area contributed by atoms with Gasteiger partial charge in [0.05, 0.1) is 35.5 Å². The summed E-state index contributed by atoms with van der Waals surface area (Å²) in [7, 11) is 0. The molecule has 0 amide bonds. The second kappa shape index (κ2) is 29.2. The summed E-state index contributed by atoms with van der Waals surface area (Å²) < 4.78 is 33.2. The summed E-state index contributed by atoms with van der Waals surface area (Å²) >= 11 is 0. The van der Waals surface area contributed by atoms with E-state index in [4.69, 9.17) is 28.4 Å². The van der Waals surface area contributed by atoms with E-state index in [1.165, 1.54) is 30.7 Å². The van der Waals surface area contributed by atoms with Gasteiger partial charge in [-0.25, -0.2) is 14.4 Å². The Kier molecular flexibility index (Phi) is 25.5. The largest absolute Gasteiger partial charge is 0.497 e. The molecule has 9 heteroatoms. The molecule has 9 nitrogen and oxygen atoms in total. The number of allylic oxidation sites excluding steroid dienone is 9. The second-order valence-electron chi connectivity index (χ2n) is 12.1. The molecule has 0 aromatic heterocycles. The van der Waals surface area contributed by atoms with Gasteiger partial charge in [-0.3, -0.25) is 0 Å². The van der Waals surface area contributed by atoms with E-state index in [1.807, 2.05) is 18.2 Å². The highest BCUT2D eigenvalue weighted by atomic mass is 16.6. The molecule has 3 atom stereocenters. The van der Waals surface area contributed by atoms with E-state index in [0.717, 1.165) is 57.8 Å². The number of carbonyl (C=O) groups is 3. The van der Waals surface area contributed by atoms with Crippen LogP contribution in [0.5, 0.6) is 0 Å². The molecule has 0 fully saturated rings. The lowest BCUT2D eigenvalue weighted by molar-refractivity contribution is 0.0129. The number of carbonyl (C=O) groups excluding carboxylic acids is 3. The van der Waals surface area contributed by atoms with E-state index < -0.39 is 36.2 Å². The molecule has 51 heavy (non-hydrogen) atoms. The van der Waals surface area contributed by atoms with E-state index in [2.05, 4.69) is 39.0 Å². The molecule has 0 spiro atoms. The molecule has 0 radical (unpaired) electrons. The van der Waals surface area contributed by atoms with Crippen LogP contribution in [0.4, 0.5) is 0 Å². The van der Waals surface area contributed by atoms with Gasteiger partial charge >= 0.3 is 17.9 Å². The van der Waals surface area contributed by atoms with Gasteiger partial charge in [0, 0.05) is 0 Å². The van der Waals surface area contributed by atoms with Crippen molar-refractivity contribution in [2.75, 3.05) is 19.8 Å². The summed E-state index contributed by atoms with van der Waals surface area (Å²) in [5.74, 6) is -2.26. The minimum absolute atomic E-state index is 0.0588. The summed E-state index contributed by atoms with van der Waals surface area (Å²) in [6.07, 6.45) is 29.7. The molecular weight excluding hydrogens is 648 g/mol. The van der Waals surface area contributed by atoms with Gasteiger partial charge in [0.1, 0.15) is 38.1 Å². The lowest BCUT2D eigenvalue weighted by Crippen LogP contribution is -2.25. The highest BCUT2D eigenvalue weighted by Crippen LogP contribution is 2.19. The predicted molar refractivity (Wildman–Crippen MR) is 202 cm³/mol. The van der Waals surface area contributed by atoms with Crippen molar-refractivity contribution < 1.29 is 42.8 Å². The van der Waals surface area contributed by atoms with Crippen molar-refractivity contribution in [3.8, 4) is 0 Å². The maximum Gasteiger partial charge on any atom is 0.339 e. The first-order valence-corrected chi connectivity index (χ1v) is 18.3. The molecule has 0 saturated carbocycles. The minimum atomic E-state index is -0.814. The molecule has 0 aliphatic heterocycles. The molecule has 1 rings (SSSR count). The van der Waals surface area contributed by atoms with Crippen LogP contribution in [0.15, 0.2) is 91.7 Å². The van der Waals surface area contributed by atoms with Gasteiger partial charge in [0.2, 0.25) is 0 Å². The van der Waals surface area contributed by atoms with Crippen LogP contribution in [0.2, 0.25) is 0 Å². The highest BCUT2D eigenvalue weighted by Gasteiger charge is 2.25. The van der Waals surface area contributed by atoms with E-state index in [9.17, 15) is 14.4 Å². The molecule has 0 heterocycles. The fourth-order valence-electron chi connectivity index (χ4n) is 4.23. The lowest BCUT2D eigenvalue weighted by atomic mass is 10.0. The standard InChI is InChI=1S/C42H60O9/c1-7-10-13-16-19-22-27-46-31-34(4)49-40(43)37-25-26-38(41(44)50-35(5)32-47-28-23-20-17-14-11-8-2)39(30-37)42(45)51-36(6)33-48-29-24-21-18-15-12-9-3/h16-30,34-36H,7-15,31-33H2,1-6H3. The third-order valence-corrected chi connectivity index (χ3v) is 7.05. The van der Waals surface area contributed by atoms with Crippen LogP contribution in [-0.2, 0) is 28.4 Å². The van der Waals surface area contributed by atoms with Gasteiger partial charge < -0.3 is 28.4 Å². The van der Waals surface area contributed by atoms with Crippen LogP contribution in [0, 0.1) is 0 Å². The number of esters is 3. The smallest absolute Gasteiger partial charge is 0.339 e. The molecule has 0 aliphatic rings. The van der Waals surface area contributed by atoms with Crippen LogP contribution < -0.4 is 0 Å². The molecule has 0 saturated heterocycles. The summed E-state index contributed by atoms with van der Waals surface area (Å²) in [6.45, 7) is 11.8. The van der Waals surface area contributed by atoms with Crippen molar-refractivity contribution in [2.45, 2.75) is 118 Å². The zero-order chi connectivity index (χ0) is 37.5. The van der Waals surface area contributed by atoms with E-state index in [-0.39, 0.29) is 36.5 Å². The van der Waals surface area contributed by atoms with Crippen LogP contribution in [-0.4, -0.2) is 56.0 Å². The summed E-state index contributed by atoms with van der Waals surface area (Å²) in [4.78, 5) is 39.7. The van der Waals surface area contributed by atoms with Crippen LogP contribution >= 0.6 is 0 Å². The Hall–Kier alpha value is -4.53. The summed E-state index contributed by atoms with van der Waals surface area (Å²) in [5, 5.41) is 0. The van der Waals surface area contributed by atoms with Gasteiger partial charge in [-0.1, -0.05) is 95.8 Å². The first-order valence-electron chi connectivity index (χ1n) is 18.3. The molecule has 282 valence electrons. The topological polar surface area (TPSA) is 107 Å². The van der Waals surface area contributed by atoms with Crippen molar-refractivity contribution in [3.63, 3.8) is 0 Å². The molecule has 0 aliphatic carbocycles. The van der Waals surface area contributed by atoms with Crippen molar-refractivity contribution in [1.82, 2.24) is 0 Å². The number of unbranched alkanes of at least 4 members (excludes halogenated alkanes) is 6. The Morgan fingerprint density at radius 2 is 0.902 bits per heavy atom. The normalized spacial score (nSPS) is 13.8. The van der Waals surface area contributed by atoms with Gasteiger partial charge in [-0.2, -0.15) is 0 Å². The highest BCUT2D eigenvalue weighted by molar-refractivity contribution is 6.05. The van der Waals surface area contributed by atoms with E-state index >= 15 is 0 Å². The van der Waals surface area contributed by atoms with Crippen molar-refractivity contribution in [2.24, 2.45) is 0 Å². The maximum atomic E-state index is 13.4. The molecule has 1 aromatic carbocycles. The number of hydrogen-bond donors (Lipinski definition) is 0. The number of hydrogen-bond acceptors (Lipinski definition) is 9. The molecule has 0 bridgehead atoms. The lowest BCUT2D eigenvalue weighted by Gasteiger charge is -2.17. The Balaban J connectivity index is 2.96. The Labute approximate surface area is 306 Å². The zero-order valence-electron chi connectivity index (χ0n) is 31.6. The molecule has 1 aromatic rings. The van der Waals surface area contributed by atoms with Crippen molar-refractivity contribution in [3.05, 3.63) is 108 Å². The number of rotatable bonds is 27. The van der Waals surface area contributed by atoms with Gasteiger partial charge in [0.25, 0.3) is 0 Å². The second-order valence-corrected chi connectivity index (χ2v) is 12.1. The van der Waals surface area contributed by atoms with Gasteiger partial charge in [0.15, 0.2) is 0 Å². The fraction of sp³-hybridized carbons (Fsp3) is 0.500. The van der Waals surface area contributed by atoms with E-state index in [1.54, 1.807) is 45.3 Å². The average molecular weight is 709 g/mol. The quantitative estimate of drug-likeness (QED) is 0.0290.